The molecule has 0 unspecified atom stereocenters. The second-order valence-electron chi connectivity index (χ2n) is 7.96. The van der Waals surface area contributed by atoms with Gasteiger partial charge in [0.1, 0.15) is 0 Å². The van der Waals surface area contributed by atoms with E-state index in [-0.39, 0.29) is 11.7 Å². The van der Waals surface area contributed by atoms with E-state index in [2.05, 4.69) is 56.5 Å². The van der Waals surface area contributed by atoms with Gasteiger partial charge in [0.15, 0.2) is 11.0 Å². The summed E-state index contributed by atoms with van der Waals surface area (Å²) in [7, 11) is 1.93. The molecule has 8 heteroatoms. The largest absolute Gasteiger partial charge is 0.350 e. The van der Waals surface area contributed by atoms with E-state index in [9.17, 15) is 4.79 Å². The number of rotatable bonds is 7. The van der Waals surface area contributed by atoms with Gasteiger partial charge in [0, 0.05) is 24.8 Å². The van der Waals surface area contributed by atoms with E-state index < -0.39 is 0 Å². The first-order chi connectivity index (χ1) is 15.1. The Labute approximate surface area is 187 Å². The minimum atomic E-state index is -0.162. The molecule has 0 bridgehead atoms. The number of nitrogens with zero attached hydrogens (tertiary/aromatic N) is 5. The topological polar surface area (TPSA) is 77.1 Å². The average molecular weight is 437 g/mol. The van der Waals surface area contributed by atoms with Crippen molar-refractivity contribution in [1.29, 1.82) is 0 Å². The van der Waals surface area contributed by atoms with Gasteiger partial charge in [0.05, 0.1) is 17.7 Å². The summed E-state index contributed by atoms with van der Waals surface area (Å²) in [5.74, 6) is 0.963. The number of aromatic nitrogens is 4. The standard InChI is InChI=1S/C23H28N6OS/c1-17-10-12-18(13-11-17)22-26-27-23(29(22)19-7-4-3-5-8-19)31-16-21(30)25-24-15-20-9-6-14-28(20)2/h6,9-15,19H,3-5,7-8,16H2,1-2H3,(H,25,30)/b24-15-. The number of hydrogen-bond donors (Lipinski definition) is 1. The fraction of sp³-hybridized carbons (Fsp3) is 0.391. The van der Waals surface area contributed by atoms with Gasteiger partial charge in [-0.2, -0.15) is 5.10 Å². The highest BCUT2D eigenvalue weighted by Crippen LogP contribution is 2.35. The predicted octanol–water partition coefficient (Wildman–Crippen LogP) is 4.34. The van der Waals surface area contributed by atoms with Gasteiger partial charge in [-0.1, -0.05) is 60.9 Å². The lowest BCUT2D eigenvalue weighted by molar-refractivity contribution is -0.118. The summed E-state index contributed by atoms with van der Waals surface area (Å²) in [5, 5.41) is 13.8. The lowest BCUT2D eigenvalue weighted by Crippen LogP contribution is -2.21. The van der Waals surface area contributed by atoms with Crippen LogP contribution in [0.3, 0.4) is 0 Å². The summed E-state index contributed by atoms with van der Waals surface area (Å²) in [6.45, 7) is 2.08. The van der Waals surface area contributed by atoms with Crippen molar-refractivity contribution in [1.82, 2.24) is 24.8 Å². The molecule has 0 radical (unpaired) electrons. The van der Waals surface area contributed by atoms with Gasteiger partial charge in [-0.15, -0.1) is 10.2 Å². The Morgan fingerprint density at radius 3 is 2.68 bits per heavy atom. The van der Waals surface area contributed by atoms with Crippen LogP contribution in [0, 0.1) is 6.92 Å². The maximum atomic E-state index is 12.3. The highest BCUT2D eigenvalue weighted by molar-refractivity contribution is 7.99. The number of carbonyl (C=O) groups is 1. The Morgan fingerprint density at radius 1 is 1.19 bits per heavy atom. The number of benzene rings is 1. The number of amides is 1. The number of hydrazone groups is 1. The SMILES string of the molecule is Cc1ccc(-c2nnc(SCC(=O)N/N=C\c3cccn3C)n2C2CCCCC2)cc1. The number of carbonyl (C=O) groups excluding carboxylic acids is 1. The monoisotopic (exact) mass is 436 g/mol. The molecule has 1 N–H and O–H groups in total. The third-order valence-electron chi connectivity index (χ3n) is 5.62. The van der Waals surface area contributed by atoms with Gasteiger partial charge in [0.2, 0.25) is 0 Å². The average Bonchev–Trinajstić information content (AvgIpc) is 3.39. The van der Waals surface area contributed by atoms with Crippen molar-refractivity contribution in [2.24, 2.45) is 12.1 Å². The summed E-state index contributed by atoms with van der Waals surface area (Å²) < 4.78 is 4.18. The van der Waals surface area contributed by atoms with E-state index in [1.54, 1.807) is 6.21 Å². The van der Waals surface area contributed by atoms with Gasteiger partial charge in [-0.05, 0) is 31.9 Å². The minimum Gasteiger partial charge on any atom is -0.350 e. The van der Waals surface area contributed by atoms with Gasteiger partial charge in [-0.25, -0.2) is 5.43 Å². The molecule has 0 spiro atoms. The predicted molar refractivity (Wildman–Crippen MR) is 124 cm³/mol. The normalized spacial score (nSPS) is 14.9. The van der Waals surface area contributed by atoms with Crippen molar-refractivity contribution < 1.29 is 4.79 Å². The minimum absolute atomic E-state index is 0.162. The van der Waals surface area contributed by atoms with Crippen molar-refractivity contribution in [3.8, 4) is 11.4 Å². The van der Waals surface area contributed by atoms with Crippen LogP contribution in [-0.4, -0.2) is 37.2 Å². The quantitative estimate of drug-likeness (QED) is 0.340. The van der Waals surface area contributed by atoms with Crippen LogP contribution in [0.25, 0.3) is 11.4 Å². The number of thioether (sulfide) groups is 1. The fourth-order valence-corrected chi connectivity index (χ4v) is 4.68. The molecule has 0 saturated heterocycles. The third-order valence-corrected chi connectivity index (χ3v) is 6.56. The summed E-state index contributed by atoms with van der Waals surface area (Å²) in [4.78, 5) is 12.3. The molecule has 31 heavy (non-hydrogen) atoms. The Morgan fingerprint density at radius 2 is 1.97 bits per heavy atom. The fourth-order valence-electron chi connectivity index (χ4n) is 3.88. The molecule has 0 aliphatic heterocycles. The van der Waals surface area contributed by atoms with E-state index in [0.717, 1.165) is 35.1 Å². The first kappa shape index (κ1) is 21.4. The molecule has 4 rings (SSSR count). The number of hydrogen-bond acceptors (Lipinski definition) is 5. The van der Waals surface area contributed by atoms with E-state index >= 15 is 0 Å². The van der Waals surface area contributed by atoms with Crippen LogP contribution >= 0.6 is 11.8 Å². The Bertz CT molecular complexity index is 1050. The molecule has 1 fully saturated rings. The van der Waals surface area contributed by atoms with Crippen LogP contribution in [-0.2, 0) is 11.8 Å². The van der Waals surface area contributed by atoms with Crippen molar-refractivity contribution in [2.45, 2.75) is 50.2 Å². The second kappa shape index (κ2) is 9.96. The molecule has 1 aliphatic carbocycles. The molecule has 1 saturated carbocycles. The van der Waals surface area contributed by atoms with Crippen molar-refractivity contribution >= 4 is 23.9 Å². The molecule has 7 nitrogen and oxygen atoms in total. The first-order valence-electron chi connectivity index (χ1n) is 10.7. The lowest BCUT2D eigenvalue weighted by atomic mass is 9.95. The summed E-state index contributed by atoms with van der Waals surface area (Å²) >= 11 is 1.42. The third kappa shape index (κ3) is 5.25. The highest BCUT2D eigenvalue weighted by atomic mass is 32.2. The van der Waals surface area contributed by atoms with Gasteiger partial charge in [-0.3, -0.25) is 9.36 Å². The smallest absolute Gasteiger partial charge is 0.250 e. The summed E-state index contributed by atoms with van der Waals surface area (Å²) in [5.41, 5.74) is 5.80. The summed E-state index contributed by atoms with van der Waals surface area (Å²) in [6, 6.07) is 12.6. The second-order valence-corrected chi connectivity index (χ2v) is 8.90. The van der Waals surface area contributed by atoms with Crippen molar-refractivity contribution in [3.05, 3.63) is 53.9 Å². The van der Waals surface area contributed by atoms with E-state index in [0.29, 0.717) is 6.04 Å². The van der Waals surface area contributed by atoms with Gasteiger partial charge in [0.25, 0.3) is 5.91 Å². The Kier molecular flexibility index (Phi) is 6.86. The molecule has 0 atom stereocenters. The molecule has 1 aromatic carbocycles. The molecular weight excluding hydrogens is 408 g/mol. The van der Waals surface area contributed by atoms with E-state index in [4.69, 9.17) is 0 Å². The molecule has 1 amide bonds. The maximum absolute atomic E-state index is 12.3. The van der Waals surface area contributed by atoms with Crippen LogP contribution in [0.1, 0.15) is 49.4 Å². The molecule has 2 aromatic heterocycles. The zero-order chi connectivity index (χ0) is 21.6. The van der Waals surface area contributed by atoms with Crippen LogP contribution in [0.15, 0.2) is 52.9 Å². The number of aryl methyl sites for hydroxylation is 2. The molecule has 3 aromatic rings. The van der Waals surface area contributed by atoms with Gasteiger partial charge < -0.3 is 4.57 Å². The Hall–Kier alpha value is -2.87. The molecule has 1 aliphatic rings. The zero-order valence-corrected chi connectivity index (χ0v) is 18.8. The number of nitrogens with one attached hydrogen (secondary N) is 1. The lowest BCUT2D eigenvalue weighted by Gasteiger charge is -2.25. The maximum Gasteiger partial charge on any atom is 0.250 e. The molecular formula is C23H28N6OS. The Balaban J connectivity index is 1.47. The zero-order valence-electron chi connectivity index (χ0n) is 18.0. The van der Waals surface area contributed by atoms with Crippen LogP contribution in [0.5, 0.6) is 0 Å². The van der Waals surface area contributed by atoms with Crippen molar-refractivity contribution in [2.75, 3.05) is 5.75 Å². The molecule has 2 heterocycles. The van der Waals surface area contributed by atoms with Crippen LogP contribution in [0.4, 0.5) is 0 Å². The first-order valence-corrected chi connectivity index (χ1v) is 11.7. The highest BCUT2D eigenvalue weighted by Gasteiger charge is 2.24. The van der Waals surface area contributed by atoms with Crippen LogP contribution < -0.4 is 5.43 Å². The van der Waals surface area contributed by atoms with Crippen LogP contribution in [0.2, 0.25) is 0 Å². The van der Waals surface area contributed by atoms with Crippen molar-refractivity contribution in [3.63, 3.8) is 0 Å². The molecule has 162 valence electrons. The summed E-state index contributed by atoms with van der Waals surface area (Å²) in [6.07, 6.45) is 9.53. The van der Waals surface area contributed by atoms with E-state index in [1.807, 2.05) is 29.9 Å². The van der Waals surface area contributed by atoms with E-state index in [1.165, 1.54) is 36.6 Å². The van der Waals surface area contributed by atoms with Gasteiger partial charge >= 0.3 is 0 Å².